The van der Waals surface area contributed by atoms with Crippen molar-refractivity contribution in [2.24, 2.45) is 0 Å². The molecule has 0 radical (unpaired) electrons. The van der Waals surface area contributed by atoms with Crippen LogP contribution in [-0.4, -0.2) is 51.8 Å². The molecule has 1 heterocycles. The Morgan fingerprint density at radius 3 is 2.60 bits per heavy atom. The fourth-order valence-electron chi connectivity index (χ4n) is 1.97. The van der Waals surface area contributed by atoms with Crippen molar-refractivity contribution in [3.63, 3.8) is 0 Å². The minimum Gasteiger partial charge on any atom is -0.314 e. The summed E-state index contributed by atoms with van der Waals surface area (Å²) in [7, 11) is -3.33. The lowest BCUT2D eigenvalue weighted by Crippen LogP contribution is -2.45. The average molecular weight is 427 g/mol. The Morgan fingerprint density at radius 1 is 1.25 bits per heavy atom. The summed E-state index contributed by atoms with van der Waals surface area (Å²) in [4.78, 5) is 2.16. The zero-order valence-corrected chi connectivity index (χ0v) is 14.9. The fourth-order valence-corrected chi connectivity index (χ4v) is 4.37. The Hall–Kier alpha value is -0.150. The zero-order chi connectivity index (χ0) is 14.6. The monoisotopic (exact) mass is 425 g/mol. The van der Waals surface area contributed by atoms with Gasteiger partial charge in [-0.3, -0.25) is 9.62 Å². The van der Waals surface area contributed by atoms with E-state index in [0.29, 0.717) is 12.2 Å². The van der Waals surface area contributed by atoms with Gasteiger partial charge in [-0.05, 0) is 34.1 Å². The summed E-state index contributed by atoms with van der Waals surface area (Å²) < 4.78 is 28.4. The number of nitrogens with zero attached hydrogens (tertiary/aromatic N) is 1. The molecule has 0 atom stereocenters. The number of nitrogens with one attached hydrogen (secondary N) is 2. The Labute approximate surface area is 136 Å². The minimum absolute atomic E-state index is 0.107. The maximum Gasteiger partial charge on any atom is 0.234 e. The van der Waals surface area contributed by atoms with Crippen molar-refractivity contribution < 1.29 is 8.42 Å². The lowest BCUT2D eigenvalue weighted by atomic mass is 10.3. The molecule has 5 nitrogen and oxygen atoms in total. The van der Waals surface area contributed by atoms with E-state index in [4.69, 9.17) is 0 Å². The summed E-state index contributed by atoms with van der Waals surface area (Å²) in [5, 5.41) is 3.25. The molecule has 2 N–H and O–H groups in total. The lowest BCUT2D eigenvalue weighted by molar-refractivity contribution is 0.254. The van der Waals surface area contributed by atoms with Crippen LogP contribution >= 0.6 is 31.9 Å². The highest BCUT2D eigenvalue weighted by atomic mass is 79.9. The van der Waals surface area contributed by atoms with Gasteiger partial charge in [-0.2, -0.15) is 0 Å². The van der Waals surface area contributed by atoms with Crippen LogP contribution in [0.2, 0.25) is 0 Å². The largest absolute Gasteiger partial charge is 0.314 e. The van der Waals surface area contributed by atoms with E-state index in [9.17, 15) is 8.42 Å². The SMILES string of the molecule is O=S(=O)(CCN1CCNCC1)Nc1ccc(Br)cc1Br. The second-order valence-corrected chi connectivity index (χ2v) is 8.25. The van der Waals surface area contributed by atoms with Gasteiger partial charge in [0.25, 0.3) is 0 Å². The van der Waals surface area contributed by atoms with E-state index < -0.39 is 10.0 Å². The number of hydrogen-bond donors (Lipinski definition) is 2. The molecule has 1 saturated heterocycles. The van der Waals surface area contributed by atoms with E-state index in [0.717, 1.165) is 35.1 Å². The van der Waals surface area contributed by atoms with Crippen LogP contribution in [0.5, 0.6) is 0 Å². The van der Waals surface area contributed by atoms with Crippen LogP contribution in [-0.2, 0) is 10.0 Å². The van der Waals surface area contributed by atoms with E-state index in [1.807, 2.05) is 6.07 Å². The van der Waals surface area contributed by atoms with Gasteiger partial charge in [0.1, 0.15) is 0 Å². The molecule has 112 valence electrons. The molecule has 8 heteroatoms. The number of rotatable bonds is 5. The molecule has 0 aromatic heterocycles. The highest BCUT2D eigenvalue weighted by molar-refractivity contribution is 9.11. The Kier molecular flexibility index (Phi) is 5.85. The van der Waals surface area contributed by atoms with Crippen molar-refractivity contribution in [3.05, 3.63) is 27.1 Å². The van der Waals surface area contributed by atoms with E-state index in [1.54, 1.807) is 12.1 Å². The van der Waals surface area contributed by atoms with Gasteiger partial charge >= 0.3 is 0 Å². The van der Waals surface area contributed by atoms with Crippen LogP contribution < -0.4 is 10.0 Å². The third-order valence-electron chi connectivity index (χ3n) is 3.08. The first-order valence-corrected chi connectivity index (χ1v) is 9.59. The van der Waals surface area contributed by atoms with Gasteiger partial charge < -0.3 is 5.32 Å². The zero-order valence-electron chi connectivity index (χ0n) is 10.9. The smallest absolute Gasteiger partial charge is 0.234 e. The predicted molar refractivity (Wildman–Crippen MR) is 88.6 cm³/mol. The van der Waals surface area contributed by atoms with Gasteiger partial charge in [0.15, 0.2) is 0 Å². The van der Waals surface area contributed by atoms with Crippen molar-refractivity contribution >= 4 is 47.6 Å². The molecule has 1 aliphatic heterocycles. The Morgan fingerprint density at radius 2 is 1.95 bits per heavy atom. The van der Waals surface area contributed by atoms with E-state index in [-0.39, 0.29) is 5.75 Å². The summed E-state index contributed by atoms with van der Waals surface area (Å²) in [5.74, 6) is 0.107. The summed E-state index contributed by atoms with van der Waals surface area (Å²) in [6.07, 6.45) is 0. The molecule has 0 spiro atoms. The highest BCUT2D eigenvalue weighted by Crippen LogP contribution is 2.26. The Balaban J connectivity index is 1.93. The maximum atomic E-state index is 12.1. The van der Waals surface area contributed by atoms with Gasteiger partial charge in [0.2, 0.25) is 10.0 Å². The molecule has 1 aromatic carbocycles. The van der Waals surface area contributed by atoms with Crippen molar-refractivity contribution in [2.45, 2.75) is 0 Å². The van der Waals surface area contributed by atoms with E-state index >= 15 is 0 Å². The van der Waals surface area contributed by atoms with Crippen LogP contribution in [0, 0.1) is 0 Å². The van der Waals surface area contributed by atoms with Crippen molar-refractivity contribution in [1.29, 1.82) is 0 Å². The molecule has 1 fully saturated rings. The molecule has 0 unspecified atom stereocenters. The van der Waals surface area contributed by atoms with Crippen LogP contribution in [0.1, 0.15) is 0 Å². The summed E-state index contributed by atoms with van der Waals surface area (Å²) in [6, 6.07) is 5.35. The third-order valence-corrected chi connectivity index (χ3v) is 5.48. The number of hydrogen-bond acceptors (Lipinski definition) is 4. The van der Waals surface area contributed by atoms with Crippen LogP contribution in [0.25, 0.3) is 0 Å². The standard InChI is InChI=1S/C12H17Br2N3O2S/c13-10-1-2-12(11(14)9-10)16-20(18,19)8-7-17-5-3-15-4-6-17/h1-2,9,15-16H,3-8H2. The third kappa shape index (κ3) is 5.00. The number of sulfonamides is 1. The molecular formula is C12H17Br2N3O2S. The predicted octanol–water partition coefficient (Wildman–Crippen LogP) is 1.86. The van der Waals surface area contributed by atoms with Crippen LogP contribution in [0.4, 0.5) is 5.69 Å². The maximum absolute atomic E-state index is 12.1. The summed E-state index contributed by atoms with van der Waals surface area (Å²) >= 11 is 6.69. The molecule has 2 rings (SSSR count). The number of piperazine rings is 1. The van der Waals surface area contributed by atoms with Crippen molar-refractivity contribution in [1.82, 2.24) is 10.2 Å². The first-order chi connectivity index (χ1) is 9.46. The first-order valence-electron chi connectivity index (χ1n) is 6.35. The molecule has 0 saturated carbocycles. The molecule has 20 heavy (non-hydrogen) atoms. The second-order valence-electron chi connectivity index (χ2n) is 4.64. The molecule has 1 aromatic rings. The van der Waals surface area contributed by atoms with E-state index in [2.05, 4.69) is 46.8 Å². The first kappa shape index (κ1) is 16.2. The van der Waals surface area contributed by atoms with Gasteiger partial charge in [0.05, 0.1) is 11.4 Å². The van der Waals surface area contributed by atoms with Gasteiger partial charge in [0, 0.05) is 41.7 Å². The Bertz CT molecular complexity index is 560. The molecule has 0 bridgehead atoms. The molecule has 1 aliphatic rings. The van der Waals surface area contributed by atoms with Gasteiger partial charge in [-0.15, -0.1) is 0 Å². The summed E-state index contributed by atoms with van der Waals surface area (Å²) in [6.45, 7) is 4.21. The fraction of sp³-hybridized carbons (Fsp3) is 0.500. The number of anilines is 1. The average Bonchev–Trinajstić information content (AvgIpc) is 2.41. The molecule has 0 amide bonds. The van der Waals surface area contributed by atoms with Crippen LogP contribution in [0.15, 0.2) is 27.1 Å². The van der Waals surface area contributed by atoms with Crippen LogP contribution in [0.3, 0.4) is 0 Å². The topological polar surface area (TPSA) is 61.4 Å². The normalized spacial score (nSPS) is 17.1. The van der Waals surface area contributed by atoms with Crippen molar-refractivity contribution in [2.75, 3.05) is 43.2 Å². The molecule has 0 aliphatic carbocycles. The lowest BCUT2D eigenvalue weighted by Gasteiger charge is -2.26. The van der Waals surface area contributed by atoms with Gasteiger partial charge in [-0.1, -0.05) is 15.9 Å². The number of benzene rings is 1. The highest BCUT2D eigenvalue weighted by Gasteiger charge is 2.16. The second kappa shape index (κ2) is 7.22. The minimum atomic E-state index is -3.33. The van der Waals surface area contributed by atoms with Crippen molar-refractivity contribution in [3.8, 4) is 0 Å². The quantitative estimate of drug-likeness (QED) is 0.754. The summed E-state index contributed by atoms with van der Waals surface area (Å²) in [5.41, 5.74) is 0.563. The molecular weight excluding hydrogens is 410 g/mol. The number of halogens is 2. The van der Waals surface area contributed by atoms with Gasteiger partial charge in [-0.25, -0.2) is 8.42 Å². The van der Waals surface area contributed by atoms with E-state index in [1.165, 1.54) is 0 Å².